The minimum Gasteiger partial charge on any atom is -0.508 e. The average molecular weight is 553 g/mol. The van der Waals surface area contributed by atoms with Crippen molar-refractivity contribution in [3.8, 4) is 5.75 Å². The smallest absolute Gasteiger partial charge is 0.163 e. The molecule has 4 nitrogen and oxygen atoms in total. The molecular weight excluding hydrogens is 508 g/mol. The van der Waals surface area contributed by atoms with E-state index in [1.54, 1.807) is 25.1 Å². The third kappa shape index (κ3) is 7.22. The van der Waals surface area contributed by atoms with Crippen LogP contribution >= 0.6 is 0 Å². The largest absolute Gasteiger partial charge is 0.508 e. The van der Waals surface area contributed by atoms with E-state index in [0.29, 0.717) is 36.8 Å². The summed E-state index contributed by atoms with van der Waals surface area (Å²) in [6.45, 7) is 9.99. The van der Waals surface area contributed by atoms with Crippen LogP contribution in [0.3, 0.4) is 0 Å². The third-order valence-corrected chi connectivity index (χ3v) is 9.35. The lowest BCUT2D eigenvalue weighted by atomic mass is 9.70. The molecule has 4 heteroatoms. The lowest BCUT2D eigenvalue weighted by molar-refractivity contribution is -0.136. The first-order chi connectivity index (χ1) is 19.5. The Kier molecular flexibility index (Phi) is 9.63. The van der Waals surface area contributed by atoms with Gasteiger partial charge in [0, 0.05) is 41.7 Å². The highest BCUT2D eigenvalue weighted by Gasteiger charge is 2.49. The number of aromatic hydroxyl groups is 1. The van der Waals surface area contributed by atoms with Crippen molar-refractivity contribution in [1.82, 2.24) is 0 Å². The minimum atomic E-state index is -0.386. The third-order valence-electron chi connectivity index (χ3n) is 9.35. The van der Waals surface area contributed by atoms with Crippen LogP contribution in [0.1, 0.15) is 79.1 Å². The Labute approximate surface area is 245 Å². The van der Waals surface area contributed by atoms with E-state index in [9.17, 15) is 19.5 Å². The van der Waals surface area contributed by atoms with Gasteiger partial charge in [-0.25, -0.2) is 0 Å². The predicted octanol–water partition coefficient (Wildman–Crippen LogP) is 7.90. The number of carbonyl (C=O) groups excluding carboxylic acids is 3. The molecule has 3 aromatic carbocycles. The van der Waals surface area contributed by atoms with E-state index in [1.807, 2.05) is 43.3 Å². The van der Waals surface area contributed by atoms with Crippen molar-refractivity contribution in [3.63, 3.8) is 0 Å². The molecule has 0 aromatic heterocycles. The summed E-state index contributed by atoms with van der Waals surface area (Å²) >= 11 is 0. The summed E-state index contributed by atoms with van der Waals surface area (Å²) in [7, 11) is 0. The Morgan fingerprint density at radius 3 is 2.32 bits per heavy atom. The second-order valence-electron chi connectivity index (χ2n) is 12.8. The van der Waals surface area contributed by atoms with Crippen molar-refractivity contribution < 1.29 is 19.5 Å². The highest BCUT2D eigenvalue weighted by Crippen LogP contribution is 2.49. The van der Waals surface area contributed by atoms with Crippen LogP contribution in [0.15, 0.2) is 72.8 Å². The molecular formula is C37H44O4. The minimum absolute atomic E-state index is 0.0727. The fourth-order valence-corrected chi connectivity index (χ4v) is 6.84. The molecule has 0 heterocycles. The number of rotatable bonds is 12. The van der Waals surface area contributed by atoms with Gasteiger partial charge in [-0.05, 0) is 68.1 Å². The Morgan fingerprint density at radius 1 is 0.927 bits per heavy atom. The molecule has 4 rings (SSSR count). The zero-order valence-electron chi connectivity index (χ0n) is 25.2. The summed E-state index contributed by atoms with van der Waals surface area (Å²) in [4.78, 5) is 41.5. The molecule has 1 saturated carbocycles. The summed E-state index contributed by atoms with van der Waals surface area (Å²) < 4.78 is 0. The Morgan fingerprint density at radius 2 is 1.61 bits per heavy atom. The molecule has 41 heavy (non-hydrogen) atoms. The summed E-state index contributed by atoms with van der Waals surface area (Å²) in [5, 5.41) is 10.2. The lowest BCUT2D eigenvalue weighted by Crippen LogP contribution is -2.38. The standard InChI is InChI=1S/C37H44O4/c1-24-11-9-14-28(21-24)17-18-33(39)35-31(19-20-37(35,4)5)36(41)25(2)29(22-27-12-7-6-8-13-27)23-34(40)30-15-10-16-32(38)26(30)3/h6-16,21,25,29,31,35,38H,17-20,22-23H2,1-5H3. The van der Waals surface area contributed by atoms with E-state index < -0.39 is 0 Å². The zero-order valence-corrected chi connectivity index (χ0v) is 25.2. The Hall–Kier alpha value is -3.53. The monoisotopic (exact) mass is 552 g/mol. The number of benzene rings is 3. The number of hydrogen-bond donors (Lipinski definition) is 1. The number of Topliss-reactive ketones (excluding diaryl/α,β-unsaturated/α-hetero) is 3. The first-order valence-electron chi connectivity index (χ1n) is 15.0. The number of phenols is 1. The van der Waals surface area contributed by atoms with Gasteiger partial charge in [0.25, 0.3) is 0 Å². The van der Waals surface area contributed by atoms with E-state index in [2.05, 4.69) is 39.0 Å². The summed E-state index contributed by atoms with van der Waals surface area (Å²) in [5.74, 6) is -0.953. The number of carbonyl (C=O) groups is 3. The van der Waals surface area contributed by atoms with Crippen LogP contribution in [0.5, 0.6) is 5.75 Å². The lowest BCUT2D eigenvalue weighted by Gasteiger charge is -2.32. The zero-order chi connectivity index (χ0) is 29.7. The molecule has 1 aliphatic carbocycles. The SMILES string of the molecule is Cc1cccc(CCC(=O)C2C(C(=O)C(C)C(CC(=O)c3cccc(O)c3C)Cc3ccccc3)CCC2(C)C)c1. The van der Waals surface area contributed by atoms with Crippen LogP contribution in [0, 0.1) is 42.9 Å². The van der Waals surface area contributed by atoms with Gasteiger partial charge in [-0.1, -0.05) is 93.1 Å². The maximum Gasteiger partial charge on any atom is 0.163 e. The summed E-state index contributed by atoms with van der Waals surface area (Å²) in [5.41, 5.74) is 4.22. The number of phenolic OH excluding ortho intramolecular Hbond substituents is 1. The Bertz CT molecular complexity index is 1390. The molecule has 0 radical (unpaired) electrons. The second-order valence-corrected chi connectivity index (χ2v) is 12.8. The number of aryl methyl sites for hydroxylation is 2. The molecule has 3 aromatic rings. The molecule has 1 aliphatic rings. The molecule has 4 atom stereocenters. The van der Waals surface area contributed by atoms with Crippen molar-refractivity contribution in [2.45, 2.75) is 73.1 Å². The first-order valence-corrected chi connectivity index (χ1v) is 15.0. The second kappa shape index (κ2) is 13.0. The van der Waals surface area contributed by atoms with Crippen molar-refractivity contribution in [2.75, 3.05) is 0 Å². The van der Waals surface area contributed by atoms with E-state index in [0.717, 1.165) is 17.5 Å². The fraction of sp³-hybridized carbons (Fsp3) is 0.432. The maximum absolute atomic E-state index is 14.2. The quantitative estimate of drug-likeness (QED) is 0.232. The van der Waals surface area contributed by atoms with Crippen LogP contribution < -0.4 is 0 Å². The van der Waals surface area contributed by atoms with Gasteiger partial charge >= 0.3 is 0 Å². The average Bonchev–Trinajstić information content (AvgIpc) is 3.27. The molecule has 0 aliphatic heterocycles. The van der Waals surface area contributed by atoms with E-state index in [-0.39, 0.29) is 58.6 Å². The van der Waals surface area contributed by atoms with Gasteiger partial charge in [-0.3, -0.25) is 14.4 Å². The van der Waals surface area contributed by atoms with E-state index in [4.69, 9.17) is 0 Å². The molecule has 0 spiro atoms. The van der Waals surface area contributed by atoms with E-state index in [1.165, 1.54) is 5.56 Å². The van der Waals surface area contributed by atoms with Crippen molar-refractivity contribution in [2.24, 2.45) is 29.1 Å². The Balaban J connectivity index is 1.55. The molecule has 216 valence electrons. The van der Waals surface area contributed by atoms with Gasteiger partial charge in [0.15, 0.2) is 5.78 Å². The van der Waals surface area contributed by atoms with Crippen molar-refractivity contribution >= 4 is 17.3 Å². The number of ketones is 3. The molecule has 4 unspecified atom stereocenters. The molecule has 1 N–H and O–H groups in total. The van der Waals surface area contributed by atoms with Gasteiger partial charge < -0.3 is 5.11 Å². The molecule has 0 bridgehead atoms. The van der Waals surface area contributed by atoms with Gasteiger partial charge in [-0.2, -0.15) is 0 Å². The van der Waals surface area contributed by atoms with Gasteiger partial charge in [0.05, 0.1) is 0 Å². The highest BCUT2D eigenvalue weighted by molar-refractivity contribution is 5.99. The summed E-state index contributed by atoms with van der Waals surface area (Å²) in [6.07, 6.45) is 3.44. The topological polar surface area (TPSA) is 71.4 Å². The first kappa shape index (κ1) is 30.4. The van der Waals surface area contributed by atoms with Crippen molar-refractivity contribution in [1.29, 1.82) is 0 Å². The van der Waals surface area contributed by atoms with Gasteiger partial charge in [-0.15, -0.1) is 0 Å². The van der Waals surface area contributed by atoms with Crippen LogP contribution in [0.2, 0.25) is 0 Å². The number of hydrogen-bond acceptors (Lipinski definition) is 4. The normalized spacial score (nSPS) is 19.4. The predicted molar refractivity (Wildman–Crippen MR) is 164 cm³/mol. The summed E-state index contributed by atoms with van der Waals surface area (Å²) in [6, 6.07) is 23.2. The molecule has 1 fully saturated rings. The van der Waals surface area contributed by atoms with Crippen LogP contribution in [0.4, 0.5) is 0 Å². The van der Waals surface area contributed by atoms with Gasteiger partial charge in [0.1, 0.15) is 17.3 Å². The molecule has 0 amide bonds. The van der Waals surface area contributed by atoms with Crippen LogP contribution in [0.25, 0.3) is 0 Å². The fourth-order valence-electron chi connectivity index (χ4n) is 6.84. The maximum atomic E-state index is 14.2. The van der Waals surface area contributed by atoms with Crippen molar-refractivity contribution in [3.05, 3.63) is 101 Å². The van der Waals surface area contributed by atoms with Gasteiger partial charge in [0.2, 0.25) is 0 Å². The van der Waals surface area contributed by atoms with E-state index >= 15 is 0 Å². The molecule has 0 saturated heterocycles. The highest BCUT2D eigenvalue weighted by atomic mass is 16.3. The van der Waals surface area contributed by atoms with Crippen LogP contribution in [-0.4, -0.2) is 22.5 Å². The van der Waals surface area contributed by atoms with Crippen LogP contribution in [-0.2, 0) is 22.4 Å².